The number of amides is 3. The molecule has 0 fully saturated rings. The number of rotatable bonds is 6. The number of hydrogen-bond donors (Lipinski definition) is 2. The van der Waals surface area contributed by atoms with Crippen LogP contribution in [-0.2, 0) is 16.1 Å². The van der Waals surface area contributed by atoms with Crippen LogP contribution in [0, 0.1) is 6.92 Å². The molecule has 1 aliphatic rings. The molecule has 1 heterocycles. The Morgan fingerprint density at radius 3 is 2.47 bits per heavy atom. The fourth-order valence-electron chi connectivity index (χ4n) is 4.03. The monoisotopic (exact) mass is 453 g/mol. The van der Waals surface area contributed by atoms with E-state index in [1.807, 2.05) is 73.7 Å². The molecule has 0 aromatic heterocycles. The first-order chi connectivity index (χ1) is 16.4. The van der Waals surface area contributed by atoms with Gasteiger partial charge in [-0.1, -0.05) is 54.1 Å². The average Bonchev–Trinajstić information content (AvgIpc) is 2.83. The van der Waals surface area contributed by atoms with Crippen LogP contribution in [0.25, 0.3) is 6.08 Å². The minimum Gasteiger partial charge on any atom is -0.352 e. The van der Waals surface area contributed by atoms with Crippen LogP contribution < -0.4 is 10.6 Å². The minimum atomic E-state index is -0.348. The lowest BCUT2D eigenvalue weighted by Gasteiger charge is -2.32. The van der Waals surface area contributed by atoms with Gasteiger partial charge in [0, 0.05) is 30.9 Å². The van der Waals surface area contributed by atoms with Crippen LogP contribution in [0.3, 0.4) is 0 Å². The number of aryl methyl sites for hydroxylation is 1. The van der Waals surface area contributed by atoms with Crippen molar-refractivity contribution in [2.75, 3.05) is 5.32 Å². The first kappa shape index (κ1) is 23.0. The summed E-state index contributed by atoms with van der Waals surface area (Å²) in [5.41, 5.74) is 5.16. The molecule has 2 N–H and O–H groups in total. The zero-order valence-electron chi connectivity index (χ0n) is 19.2. The van der Waals surface area contributed by atoms with Crippen molar-refractivity contribution in [2.45, 2.75) is 32.9 Å². The van der Waals surface area contributed by atoms with Gasteiger partial charge < -0.3 is 15.5 Å². The summed E-state index contributed by atoms with van der Waals surface area (Å²) in [4.78, 5) is 39.0. The van der Waals surface area contributed by atoms with Gasteiger partial charge in [0.25, 0.3) is 5.91 Å². The van der Waals surface area contributed by atoms with Gasteiger partial charge in [0.2, 0.25) is 11.8 Å². The Morgan fingerprint density at radius 1 is 0.941 bits per heavy atom. The van der Waals surface area contributed by atoms with Gasteiger partial charge in [0.15, 0.2) is 0 Å². The largest absolute Gasteiger partial charge is 0.352 e. The van der Waals surface area contributed by atoms with E-state index < -0.39 is 0 Å². The highest BCUT2D eigenvalue weighted by molar-refractivity contribution is 6.04. The van der Waals surface area contributed by atoms with Gasteiger partial charge in [-0.05, 0) is 54.0 Å². The second-order valence-corrected chi connectivity index (χ2v) is 8.39. The molecular formula is C28H27N3O3. The molecule has 3 aromatic rings. The molecule has 0 saturated carbocycles. The van der Waals surface area contributed by atoms with E-state index in [0.717, 1.165) is 22.3 Å². The summed E-state index contributed by atoms with van der Waals surface area (Å²) in [6, 6.07) is 22.2. The van der Waals surface area contributed by atoms with E-state index in [1.165, 1.54) is 6.92 Å². The zero-order chi connectivity index (χ0) is 24.1. The Balaban J connectivity index is 1.38. The van der Waals surface area contributed by atoms with Crippen LogP contribution in [-0.4, -0.2) is 22.6 Å². The van der Waals surface area contributed by atoms with Crippen LogP contribution >= 0.6 is 0 Å². The third-order valence-electron chi connectivity index (χ3n) is 5.84. The first-order valence-electron chi connectivity index (χ1n) is 11.2. The van der Waals surface area contributed by atoms with Crippen LogP contribution in [0.1, 0.15) is 52.0 Å². The van der Waals surface area contributed by atoms with Crippen LogP contribution in [0.5, 0.6) is 0 Å². The number of hydrogen-bond acceptors (Lipinski definition) is 3. The maximum Gasteiger partial charge on any atom is 0.255 e. The highest BCUT2D eigenvalue weighted by atomic mass is 16.2. The fourth-order valence-corrected chi connectivity index (χ4v) is 4.03. The van der Waals surface area contributed by atoms with Crippen LogP contribution in [0.4, 0.5) is 5.69 Å². The van der Waals surface area contributed by atoms with Gasteiger partial charge >= 0.3 is 0 Å². The summed E-state index contributed by atoms with van der Waals surface area (Å²) >= 11 is 0. The van der Waals surface area contributed by atoms with E-state index in [4.69, 9.17) is 0 Å². The number of carbonyl (C=O) groups is 3. The number of nitrogens with one attached hydrogen (secondary N) is 2. The molecule has 1 aliphatic heterocycles. The SMILES string of the molecule is CC(=O)N1C=Cc2ccccc2C1CC(=O)NCc1cccc(NC(=O)c2ccc(C)cc2)c1. The lowest BCUT2D eigenvalue weighted by Crippen LogP contribution is -2.35. The molecule has 34 heavy (non-hydrogen) atoms. The first-order valence-corrected chi connectivity index (χ1v) is 11.2. The number of nitrogens with zero attached hydrogens (tertiary/aromatic N) is 1. The molecule has 0 spiro atoms. The Labute approximate surface area is 199 Å². The number of benzene rings is 3. The third kappa shape index (κ3) is 5.41. The predicted molar refractivity (Wildman–Crippen MR) is 133 cm³/mol. The highest BCUT2D eigenvalue weighted by Gasteiger charge is 2.28. The molecule has 3 amide bonds. The normalized spacial score (nSPS) is 14.3. The Hall–Kier alpha value is -4.19. The molecule has 0 aliphatic carbocycles. The van der Waals surface area contributed by atoms with Crippen molar-refractivity contribution in [1.82, 2.24) is 10.2 Å². The molecule has 4 rings (SSSR count). The molecule has 1 unspecified atom stereocenters. The fraction of sp³-hybridized carbons (Fsp3) is 0.179. The predicted octanol–water partition coefficient (Wildman–Crippen LogP) is 4.83. The van der Waals surface area contributed by atoms with Crippen LogP contribution in [0.15, 0.2) is 79.0 Å². The molecule has 6 nitrogen and oxygen atoms in total. The topological polar surface area (TPSA) is 78.5 Å². The maximum atomic E-state index is 12.8. The van der Waals surface area contributed by atoms with Crippen molar-refractivity contribution in [1.29, 1.82) is 0 Å². The molecular weight excluding hydrogens is 426 g/mol. The second-order valence-electron chi connectivity index (χ2n) is 8.39. The molecule has 6 heteroatoms. The Bertz CT molecular complexity index is 1250. The van der Waals surface area contributed by atoms with E-state index in [2.05, 4.69) is 10.6 Å². The summed E-state index contributed by atoms with van der Waals surface area (Å²) in [5.74, 6) is -0.453. The Kier molecular flexibility index (Phi) is 6.87. The van der Waals surface area contributed by atoms with Crippen molar-refractivity contribution in [2.24, 2.45) is 0 Å². The van der Waals surface area contributed by atoms with Gasteiger partial charge in [-0.25, -0.2) is 0 Å². The van der Waals surface area contributed by atoms with Crippen molar-refractivity contribution in [3.8, 4) is 0 Å². The van der Waals surface area contributed by atoms with E-state index in [0.29, 0.717) is 17.8 Å². The summed E-state index contributed by atoms with van der Waals surface area (Å²) in [5, 5.41) is 5.84. The molecule has 172 valence electrons. The van der Waals surface area contributed by atoms with Gasteiger partial charge in [-0.15, -0.1) is 0 Å². The number of carbonyl (C=O) groups excluding carboxylic acids is 3. The van der Waals surface area contributed by atoms with E-state index >= 15 is 0 Å². The number of fused-ring (bicyclic) bond motifs is 1. The van der Waals surface area contributed by atoms with Crippen molar-refractivity contribution >= 4 is 29.5 Å². The lowest BCUT2D eigenvalue weighted by atomic mass is 9.93. The third-order valence-corrected chi connectivity index (χ3v) is 5.84. The van der Waals surface area contributed by atoms with Gasteiger partial charge in [0.05, 0.1) is 12.5 Å². The number of anilines is 1. The van der Waals surface area contributed by atoms with E-state index in [1.54, 1.807) is 23.2 Å². The summed E-state index contributed by atoms with van der Waals surface area (Å²) < 4.78 is 0. The maximum absolute atomic E-state index is 12.8. The molecule has 1 atom stereocenters. The van der Waals surface area contributed by atoms with E-state index in [9.17, 15) is 14.4 Å². The van der Waals surface area contributed by atoms with Gasteiger partial charge in [-0.2, -0.15) is 0 Å². The minimum absolute atomic E-state index is 0.111. The standard InChI is InChI=1S/C28H27N3O3/c1-19-10-12-23(13-11-19)28(34)30-24-8-5-6-21(16-24)18-29-27(33)17-26-25-9-4-3-7-22(25)14-15-31(26)20(2)32/h3-16,26H,17-18H2,1-2H3,(H,29,33)(H,30,34). The summed E-state index contributed by atoms with van der Waals surface area (Å²) in [7, 11) is 0. The highest BCUT2D eigenvalue weighted by Crippen LogP contribution is 2.32. The Morgan fingerprint density at radius 2 is 1.71 bits per heavy atom. The summed E-state index contributed by atoms with van der Waals surface area (Å²) in [6.07, 6.45) is 3.79. The average molecular weight is 454 g/mol. The zero-order valence-corrected chi connectivity index (χ0v) is 19.2. The second kappa shape index (κ2) is 10.2. The van der Waals surface area contributed by atoms with Crippen molar-refractivity contribution in [3.05, 3.63) is 107 Å². The quantitative estimate of drug-likeness (QED) is 0.561. The lowest BCUT2D eigenvalue weighted by molar-refractivity contribution is -0.130. The van der Waals surface area contributed by atoms with Gasteiger partial charge in [-0.3, -0.25) is 14.4 Å². The van der Waals surface area contributed by atoms with E-state index in [-0.39, 0.29) is 30.2 Å². The smallest absolute Gasteiger partial charge is 0.255 e. The van der Waals surface area contributed by atoms with Crippen molar-refractivity contribution < 1.29 is 14.4 Å². The van der Waals surface area contributed by atoms with Crippen LogP contribution in [0.2, 0.25) is 0 Å². The van der Waals surface area contributed by atoms with Gasteiger partial charge in [0.1, 0.15) is 0 Å². The molecule has 0 saturated heterocycles. The van der Waals surface area contributed by atoms with Crippen molar-refractivity contribution in [3.63, 3.8) is 0 Å². The molecule has 0 radical (unpaired) electrons. The summed E-state index contributed by atoms with van der Waals surface area (Å²) in [6.45, 7) is 3.79. The molecule has 0 bridgehead atoms. The molecule has 3 aromatic carbocycles.